The Bertz CT molecular complexity index is 327. The quantitative estimate of drug-likeness (QED) is 0.705. The van der Waals surface area contributed by atoms with Crippen molar-refractivity contribution in [2.24, 2.45) is 5.73 Å². The van der Waals surface area contributed by atoms with E-state index in [1.165, 1.54) is 5.56 Å². The van der Waals surface area contributed by atoms with Crippen molar-refractivity contribution in [3.05, 3.63) is 35.9 Å². The Morgan fingerprint density at radius 1 is 1.18 bits per heavy atom. The van der Waals surface area contributed by atoms with Crippen molar-refractivity contribution >= 4 is 5.97 Å². The molecule has 1 aromatic carbocycles. The predicted octanol–water partition coefficient (Wildman–Crippen LogP) is 0.965. The summed E-state index contributed by atoms with van der Waals surface area (Å²) in [6.07, 6.45) is 1.11. The summed E-state index contributed by atoms with van der Waals surface area (Å²) in [6, 6.07) is 10.2. The third kappa shape index (κ3) is 6.04. The van der Waals surface area contributed by atoms with Crippen LogP contribution >= 0.6 is 0 Å². The summed E-state index contributed by atoms with van der Waals surface area (Å²) in [4.78, 5) is 12.6. The molecule has 0 bridgehead atoms. The summed E-state index contributed by atoms with van der Waals surface area (Å²) in [6.45, 7) is 2.74. The standard InChI is InChI=1S/C13H20N2O2/c14-8-11-15(10-7-13(16)17)9-6-12-4-2-1-3-5-12/h1-5H,6-11,14H2,(H,16,17). The monoisotopic (exact) mass is 236 g/mol. The van der Waals surface area contributed by atoms with Gasteiger partial charge in [0.1, 0.15) is 0 Å². The van der Waals surface area contributed by atoms with E-state index < -0.39 is 5.97 Å². The van der Waals surface area contributed by atoms with E-state index >= 15 is 0 Å². The molecule has 1 rings (SSSR count). The van der Waals surface area contributed by atoms with Gasteiger partial charge in [0, 0.05) is 26.2 Å². The van der Waals surface area contributed by atoms with Crippen LogP contribution in [-0.4, -0.2) is 42.2 Å². The van der Waals surface area contributed by atoms with Crippen molar-refractivity contribution in [1.29, 1.82) is 0 Å². The Hall–Kier alpha value is -1.39. The smallest absolute Gasteiger partial charge is 0.304 e. The van der Waals surface area contributed by atoms with Crippen LogP contribution in [0.15, 0.2) is 30.3 Å². The van der Waals surface area contributed by atoms with Crippen molar-refractivity contribution in [1.82, 2.24) is 4.90 Å². The number of benzene rings is 1. The lowest BCUT2D eigenvalue weighted by molar-refractivity contribution is -0.137. The molecule has 0 aliphatic carbocycles. The number of rotatable bonds is 8. The van der Waals surface area contributed by atoms with Gasteiger partial charge in [-0.3, -0.25) is 4.79 Å². The van der Waals surface area contributed by atoms with Crippen LogP contribution in [0.5, 0.6) is 0 Å². The van der Waals surface area contributed by atoms with Crippen LogP contribution in [0.3, 0.4) is 0 Å². The molecule has 0 heterocycles. The average Bonchev–Trinajstić information content (AvgIpc) is 2.34. The first-order valence-electron chi connectivity index (χ1n) is 5.90. The summed E-state index contributed by atoms with van der Waals surface area (Å²) in [5.74, 6) is -0.758. The van der Waals surface area contributed by atoms with Gasteiger partial charge in [-0.2, -0.15) is 0 Å². The van der Waals surface area contributed by atoms with E-state index in [0.29, 0.717) is 13.1 Å². The molecule has 0 aliphatic heterocycles. The summed E-state index contributed by atoms with van der Waals surface area (Å²) in [5.41, 5.74) is 6.78. The van der Waals surface area contributed by atoms with Crippen LogP contribution < -0.4 is 5.73 Å². The highest BCUT2D eigenvalue weighted by Crippen LogP contribution is 2.02. The number of nitrogens with zero attached hydrogens (tertiary/aromatic N) is 1. The van der Waals surface area contributed by atoms with E-state index in [1.54, 1.807) is 0 Å². The molecule has 1 aromatic rings. The molecule has 0 spiro atoms. The second kappa shape index (κ2) is 7.81. The summed E-state index contributed by atoms with van der Waals surface area (Å²) in [7, 11) is 0. The fourth-order valence-corrected chi connectivity index (χ4v) is 1.70. The minimum absolute atomic E-state index is 0.175. The van der Waals surface area contributed by atoms with Gasteiger partial charge in [-0.25, -0.2) is 0 Å². The Labute approximate surface area is 102 Å². The largest absolute Gasteiger partial charge is 0.481 e. The van der Waals surface area contributed by atoms with Crippen LogP contribution in [0.25, 0.3) is 0 Å². The van der Waals surface area contributed by atoms with Crippen LogP contribution in [0.1, 0.15) is 12.0 Å². The highest BCUT2D eigenvalue weighted by atomic mass is 16.4. The summed E-state index contributed by atoms with van der Waals surface area (Å²) >= 11 is 0. The minimum atomic E-state index is -0.758. The highest BCUT2D eigenvalue weighted by molar-refractivity contribution is 5.66. The molecule has 0 unspecified atom stereocenters. The first-order chi connectivity index (χ1) is 8.22. The van der Waals surface area contributed by atoms with Gasteiger partial charge in [-0.15, -0.1) is 0 Å². The third-order valence-corrected chi connectivity index (χ3v) is 2.65. The molecular weight excluding hydrogens is 216 g/mol. The average molecular weight is 236 g/mol. The first kappa shape index (κ1) is 13.7. The fourth-order valence-electron chi connectivity index (χ4n) is 1.70. The topological polar surface area (TPSA) is 66.6 Å². The van der Waals surface area contributed by atoms with Crippen LogP contribution in [0.2, 0.25) is 0 Å². The second-order valence-corrected chi connectivity index (χ2v) is 4.01. The highest BCUT2D eigenvalue weighted by Gasteiger charge is 2.06. The van der Waals surface area contributed by atoms with Crippen molar-refractivity contribution in [3.8, 4) is 0 Å². The lowest BCUT2D eigenvalue weighted by Gasteiger charge is -2.20. The van der Waals surface area contributed by atoms with E-state index in [4.69, 9.17) is 10.8 Å². The number of hydrogen-bond donors (Lipinski definition) is 2. The van der Waals surface area contributed by atoms with Gasteiger partial charge in [0.2, 0.25) is 0 Å². The molecule has 94 valence electrons. The third-order valence-electron chi connectivity index (χ3n) is 2.65. The molecule has 3 N–H and O–H groups in total. The molecular formula is C13H20N2O2. The van der Waals surface area contributed by atoms with Gasteiger partial charge < -0.3 is 15.7 Å². The van der Waals surface area contributed by atoms with Crippen molar-refractivity contribution in [3.63, 3.8) is 0 Å². The fraction of sp³-hybridized carbons (Fsp3) is 0.462. The number of carboxylic acid groups (broad SMARTS) is 1. The van der Waals surface area contributed by atoms with E-state index in [9.17, 15) is 4.79 Å². The van der Waals surface area contributed by atoms with Crippen molar-refractivity contribution < 1.29 is 9.90 Å². The van der Waals surface area contributed by atoms with Crippen LogP contribution in [-0.2, 0) is 11.2 Å². The van der Waals surface area contributed by atoms with E-state index in [2.05, 4.69) is 17.0 Å². The molecule has 0 amide bonds. The molecule has 0 radical (unpaired) electrons. The second-order valence-electron chi connectivity index (χ2n) is 4.01. The van der Waals surface area contributed by atoms with Crippen LogP contribution in [0.4, 0.5) is 0 Å². The summed E-state index contributed by atoms with van der Waals surface area (Å²) < 4.78 is 0. The maximum absolute atomic E-state index is 10.5. The lowest BCUT2D eigenvalue weighted by Crippen LogP contribution is -2.33. The zero-order chi connectivity index (χ0) is 12.5. The molecule has 0 atom stereocenters. The van der Waals surface area contributed by atoms with Gasteiger partial charge in [-0.05, 0) is 12.0 Å². The van der Waals surface area contributed by atoms with E-state index in [0.717, 1.165) is 19.5 Å². The van der Waals surface area contributed by atoms with Crippen molar-refractivity contribution in [2.45, 2.75) is 12.8 Å². The van der Waals surface area contributed by atoms with Gasteiger partial charge in [0.15, 0.2) is 0 Å². The zero-order valence-electron chi connectivity index (χ0n) is 10.0. The Morgan fingerprint density at radius 2 is 1.88 bits per heavy atom. The van der Waals surface area contributed by atoms with E-state index in [-0.39, 0.29) is 6.42 Å². The summed E-state index contributed by atoms with van der Waals surface area (Å²) in [5, 5.41) is 8.66. The molecule has 0 fully saturated rings. The minimum Gasteiger partial charge on any atom is -0.481 e. The normalized spacial score (nSPS) is 10.7. The zero-order valence-corrected chi connectivity index (χ0v) is 10.0. The number of nitrogens with two attached hydrogens (primary N) is 1. The maximum atomic E-state index is 10.5. The van der Waals surface area contributed by atoms with E-state index in [1.807, 2.05) is 18.2 Å². The molecule has 0 saturated carbocycles. The van der Waals surface area contributed by atoms with Gasteiger partial charge in [0.25, 0.3) is 0 Å². The molecule has 0 aliphatic rings. The Kier molecular flexibility index (Phi) is 6.29. The number of carbonyl (C=O) groups is 1. The predicted molar refractivity (Wildman–Crippen MR) is 67.9 cm³/mol. The van der Waals surface area contributed by atoms with Gasteiger partial charge in [-0.1, -0.05) is 30.3 Å². The molecule has 0 saturated heterocycles. The van der Waals surface area contributed by atoms with Gasteiger partial charge >= 0.3 is 5.97 Å². The number of carboxylic acids is 1. The molecule has 4 heteroatoms. The number of hydrogen-bond acceptors (Lipinski definition) is 3. The molecule has 17 heavy (non-hydrogen) atoms. The number of aliphatic carboxylic acids is 1. The lowest BCUT2D eigenvalue weighted by atomic mass is 10.1. The Balaban J connectivity index is 2.36. The van der Waals surface area contributed by atoms with Gasteiger partial charge in [0.05, 0.1) is 6.42 Å². The Morgan fingerprint density at radius 3 is 2.47 bits per heavy atom. The maximum Gasteiger partial charge on any atom is 0.304 e. The van der Waals surface area contributed by atoms with Crippen LogP contribution in [0, 0.1) is 0 Å². The molecule has 0 aromatic heterocycles. The molecule has 4 nitrogen and oxygen atoms in total. The SMILES string of the molecule is NCCN(CCC(=O)O)CCc1ccccc1. The first-order valence-corrected chi connectivity index (χ1v) is 5.90. The van der Waals surface area contributed by atoms with Crippen molar-refractivity contribution in [2.75, 3.05) is 26.2 Å².